The molecule has 0 radical (unpaired) electrons. The van der Waals surface area contributed by atoms with Crippen molar-refractivity contribution in [2.24, 2.45) is 0 Å². The summed E-state index contributed by atoms with van der Waals surface area (Å²) in [6.07, 6.45) is 6.35. The molecule has 2 fully saturated rings. The number of piperidine rings is 1. The molecule has 11 heteroatoms. The van der Waals surface area contributed by atoms with E-state index in [0.29, 0.717) is 81.6 Å². The Balaban J connectivity index is 1.17. The van der Waals surface area contributed by atoms with Gasteiger partial charge in [0, 0.05) is 47.6 Å². The van der Waals surface area contributed by atoms with Crippen molar-refractivity contribution in [3.8, 4) is 11.8 Å². The van der Waals surface area contributed by atoms with Crippen molar-refractivity contribution < 1.29 is 14.4 Å². The first kappa shape index (κ1) is 27.0. The molecule has 2 N–H and O–H groups in total. The molecule has 40 heavy (non-hydrogen) atoms. The van der Waals surface area contributed by atoms with Crippen LogP contribution < -0.4 is 15.0 Å². The van der Waals surface area contributed by atoms with Gasteiger partial charge in [-0.15, -0.1) is 0 Å². The maximum atomic E-state index is 11.5. The predicted octanol–water partition coefficient (Wildman–Crippen LogP) is 6.17. The summed E-state index contributed by atoms with van der Waals surface area (Å²) in [5, 5.41) is 29.5. The van der Waals surface area contributed by atoms with E-state index in [1.807, 2.05) is 12.1 Å². The van der Waals surface area contributed by atoms with Crippen molar-refractivity contribution in [1.29, 1.82) is 5.26 Å². The number of hydrogen-bond acceptors (Lipinski definition) is 8. The number of allylic oxidation sites excluding steroid dienone is 2. The Morgan fingerprint density at radius 2 is 1.98 bits per heavy atom. The smallest absolute Gasteiger partial charge is 0.147 e. The highest BCUT2D eigenvalue weighted by Gasteiger charge is 2.37. The fraction of sp³-hybridized carbons (Fsp3) is 0.345. The molecule has 4 heterocycles. The predicted molar refractivity (Wildman–Crippen MR) is 153 cm³/mol. The van der Waals surface area contributed by atoms with Crippen molar-refractivity contribution in [1.82, 2.24) is 15.5 Å². The average molecular weight is 599 g/mol. The van der Waals surface area contributed by atoms with Crippen LogP contribution in [0.1, 0.15) is 59.7 Å². The number of anilines is 1. The topological polar surface area (TPSA) is 107 Å². The van der Waals surface area contributed by atoms with Crippen LogP contribution in [0.4, 0.5) is 5.82 Å². The summed E-state index contributed by atoms with van der Waals surface area (Å²) < 4.78 is 11.9. The van der Waals surface area contributed by atoms with Crippen LogP contribution in [0, 0.1) is 11.3 Å². The van der Waals surface area contributed by atoms with Gasteiger partial charge in [0.1, 0.15) is 29.6 Å². The van der Waals surface area contributed by atoms with Crippen LogP contribution in [-0.2, 0) is 12.2 Å². The second-order valence-electron chi connectivity index (χ2n) is 10.3. The number of dihydropyridines is 1. The lowest BCUT2D eigenvalue weighted by molar-refractivity contribution is 0.0117. The van der Waals surface area contributed by atoms with E-state index in [-0.39, 0.29) is 6.61 Å². The van der Waals surface area contributed by atoms with Crippen LogP contribution in [0.3, 0.4) is 0 Å². The van der Waals surface area contributed by atoms with Crippen molar-refractivity contribution in [2.45, 2.75) is 43.8 Å². The Morgan fingerprint density at radius 1 is 1.18 bits per heavy atom. The molecule has 0 atom stereocenters. The van der Waals surface area contributed by atoms with Crippen molar-refractivity contribution in [3.63, 3.8) is 0 Å². The third kappa shape index (κ3) is 5.27. The number of aliphatic hydroxyl groups is 1. The minimum Gasteiger partial charge on any atom is -0.489 e. The molecule has 0 spiro atoms. The number of halogens is 3. The van der Waals surface area contributed by atoms with Gasteiger partial charge in [0.25, 0.3) is 0 Å². The molecule has 2 aliphatic heterocycles. The SMILES string of the molecule is N#Cc1ccnc(N2CCC(O)(c3ccc(OCc4c(C5=C(Cl)CNC=C5Cl)noc4C4CC4)cc3Cl)CC2)c1. The van der Waals surface area contributed by atoms with Crippen LogP contribution in [0.5, 0.6) is 5.75 Å². The summed E-state index contributed by atoms with van der Waals surface area (Å²) in [6, 6.07) is 11.0. The lowest BCUT2D eigenvalue weighted by Crippen LogP contribution is -2.43. The molecule has 6 rings (SSSR count). The quantitative estimate of drug-likeness (QED) is 0.332. The zero-order chi connectivity index (χ0) is 27.9. The van der Waals surface area contributed by atoms with Crippen molar-refractivity contribution >= 4 is 46.2 Å². The number of nitrogens with zero attached hydrogens (tertiary/aromatic N) is 4. The van der Waals surface area contributed by atoms with Crippen LogP contribution in [-0.4, -0.2) is 34.9 Å². The highest BCUT2D eigenvalue weighted by atomic mass is 35.5. The first-order chi connectivity index (χ1) is 19.4. The minimum absolute atomic E-state index is 0.208. The molecular weight excluding hydrogens is 573 g/mol. The summed E-state index contributed by atoms with van der Waals surface area (Å²) in [6.45, 7) is 1.83. The Labute approximate surface area is 246 Å². The molecule has 1 saturated carbocycles. The maximum Gasteiger partial charge on any atom is 0.147 e. The Bertz CT molecular complexity index is 1550. The summed E-state index contributed by atoms with van der Waals surface area (Å²) in [5.74, 6) is 2.40. The molecule has 0 amide bonds. The Kier molecular flexibility index (Phi) is 7.41. The number of rotatable bonds is 7. The molecule has 2 aromatic heterocycles. The molecule has 1 aromatic carbocycles. The van der Waals surface area contributed by atoms with Crippen molar-refractivity contribution in [2.75, 3.05) is 24.5 Å². The maximum absolute atomic E-state index is 11.5. The van der Waals surface area contributed by atoms with Crippen LogP contribution in [0.2, 0.25) is 5.02 Å². The largest absolute Gasteiger partial charge is 0.489 e. The van der Waals surface area contributed by atoms with E-state index >= 15 is 0 Å². The molecule has 0 bridgehead atoms. The minimum atomic E-state index is -1.08. The second kappa shape index (κ2) is 11.0. The van der Waals surface area contributed by atoms with Gasteiger partial charge >= 0.3 is 0 Å². The molecule has 206 valence electrons. The average Bonchev–Trinajstić information content (AvgIpc) is 3.72. The molecule has 3 aliphatic rings. The molecule has 3 aromatic rings. The third-order valence-electron chi connectivity index (χ3n) is 7.61. The third-order valence-corrected chi connectivity index (χ3v) is 8.55. The summed E-state index contributed by atoms with van der Waals surface area (Å²) in [7, 11) is 0. The summed E-state index contributed by atoms with van der Waals surface area (Å²) in [5.41, 5.74) is 2.20. The van der Waals surface area contributed by atoms with Crippen LogP contribution in [0.15, 0.2) is 57.3 Å². The van der Waals surface area contributed by atoms with Gasteiger partial charge in [0.15, 0.2) is 0 Å². The van der Waals surface area contributed by atoms with E-state index in [1.54, 1.807) is 30.6 Å². The standard InChI is InChI=1S/C29H26Cl3N5O3/c30-22-12-19(3-4-21(22)29(38)6-9-37(10-7-29)25-11-17(13-33)5-8-35-25)39-16-20-27(36-40-28(20)18-1-2-18)26-23(31)14-34-15-24(26)32/h3-5,8,11-12,14,18,34,38H,1-2,6-7,9-10,15-16H2. The monoisotopic (exact) mass is 597 g/mol. The zero-order valence-corrected chi connectivity index (χ0v) is 23.7. The Hall–Kier alpha value is -3.22. The second-order valence-corrected chi connectivity index (χ2v) is 11.5. The fourth-order valence-electron chi connectivity index (χ4n) is 5.24. The number of hydrogen-bond donors (Lipinski definition) is 2. The highest BCUT2D eigenvalue weighted by molar-refractivity contribution is 6.42. The van der Waals surface area contributed by atoms with Gasteiger partial charge in [-0.05, 0) is 49.9 Å². The normalized spacial score (nSPS) is 18.7. The fourth-order valence-corrected chi connectivity index (χ4v) is 6.18. The van der Waals surface area contributed by atoms with Gasteiger partial charge in [-0.25, -0.2) is 4.98 Å². The number of aromatic nitrogens is 2. The van der Waals surface area contributed by atoms with E-state index in [4.69, 9.17) is 44.1 Å². The lowest BCUT2D eigenvalue weighted by Gasteiger charge is -2.39. The number of nitriles is 1. The van der Waals surface area contributed by atoms with E-state index < -0.39 is 5.60 Å². The van der Waals surface area contributed by atoms with E-state index in [1.165, 1.54) is 0 Å². The van der Waals surface area contributed by atoms with E-state index in [0.717, 1.165) is 30.0 Å². The summed E-state index contributed by atoms with van der Waals surface area (Å²) in [4.78, 5) is 6.45. The Morgan fingerprint density at radius 3 is 2.67 bits per heavy atom. The molecule has 1 saturated heterocycles. The molecule has 8 nitrogen and oxygen atoms in total. The molecule has 1 aliphatic carbocycles. The van der Waals surface area contributed by atoms with E-state index in [2.05, 4.69) is 26.4 Å². The molecular formula is C29H26Cl3N5O3. The van der Waals surface area contributed by atoms with Gasteiger partial charge in [-0.1, -0.05) is 46.0 Å². The molecule has 0 unspecified atom stereocenters. The summed E-state index contributed by atoms with van der Waals surface area (Å²) >= 11 is 19.7. The highest BCUT2D eigenvalue weighted by Crippen LogP contribution is 2.45. The van der Waals surface area contributed by atoms with E-state index in [9.17, 15) is 10.4 Å². The first-order valence-electron chi connectivity index (χ1n) is 13.1. The zero-order valence-electron chi connectivity index (χ0n) is 21.5. The lowest BCUT2D eigenvalue weighted by atomic mass is 9.84. The number of nitrogens with one attached hydrogen (secondary N) is 1. The first-order valence-corrected chi connectivity index (χ1v) is 14.2. The van der Waals surface area contributed by atoms with Gasteiger partial charge in [-0.2, -0.15) is 5.26 Å². The van der Waals surface area contributed by atoms with Gasteiger partial charge in [0.05, 0.1) is 39.4 Å². The van der Waals surface area contributed by atoms with Gasteiger partial charge in [-0.3, -0.25) is 0 Å². The number of benzene rings is 1. The van der Waals surface area contributed by atoms with Crippen molar-refractivity contribution in [3.05, 3.63) is 86.0 Å². The number of pyridine rings is 1. The van der Waals surface area contributed by atoms with Crippen LogP contribution in [0.25, 0.3) is 5.57 Å². The van der Waals surface area contributed by atoms with Gasteiger partial charge < -0.3 is 24.6 Å². The van der Waals surface area contributed by atoms with Gasteiger partial charge in [0.2, 0.25) is 0 Å². The number of ether oxygens (including phenoxy) is 1. The van der Waals surface area contributed by atoms with Crippen LogP contribution >= 0.6 is 34.8 Å².